The fourth-order valence-corrected chi connectivity index (χ4v) is 2.69. The number of ether oxygens (including phenoxy) is 1. The monoisotopic (exact) mass is 316 g/mol. The maximum atomic E-state index is 11.8. The van der Waals surface area contributed by atoms with E-state index in [1.54, 1.807) is 19.1 Å². The van der Waals surface area contributed by atoms with Crippen molar-refractivity contribution in [2.45, 2.75) is 6.92 Å². The second kappa shape index (κ2) is 4.58. The van der Waals surface area contributed by atoms with Gasteiger partial charge in [-0.25, -0.2) is 4.79 Å². The van der Waals surface area contributed by atoms with Gasteiger partial charge in [-0.05, 0) is 19.1 Å². The first-order valence-corrected chi connectivity index (χ1v) is 6.15. The number of rotatable bonds is 2. The molecule has 0 radical (unpaired) electrons. The van der Waals surface area contributed by atoms with Crippen molar-refractivity contribution < 1.29 is 9.53 Å². The zero-order valence-electron chi connectivity index (χ0n) is 9.01. The number of carbonyl (C=O) groups is 1. The molecule has 0 fully saturated rings. The number of hydrogen-bond acceptors (Lipinski definition) is 3. The molecule has 90 valence electrons. The number of fused-ring (bicyclic) bond motifs is 1. The molecule has 0 aliphatic rings. The normalized spacial score (nSPS) is 10.8. The Morgan fingerprint density at radius 2 is 2.29 bits per heavy atom. The molecule has 2 aromatic rings. The Kier molecular flexibility index (Phi) is 3.31. The Morgan fingerprint density at radius 3 is 2.94 bits per heavy atom. The third-order valence-corrected chi connectivity index (χ3v) is 3.17. The van der Waals surface area contributed by atoms with Crippen LogP contribution in [-0.2, 0) is 4.74 Å². The van der Waals surface area contributed by atoms with Gasteiger partial charge in [0.1, 0.15) is 11.4 Å². The minimum absolute atomic E-state index is 0.279. The van der Waals surface area contributed by atoms with E-state index < -0.39 is 5.97 Å². The standard InChI is InChI=1S/C11H10BrClN2O2/c1-2-17-11(16)9-8-6(12)3-5(13)4-7(8)15-10(9)14/h3-4,15H,2,14H2,1H3. The lowest BCUT2D eigenvalue weighted by Gasteiger charge is -2.02. The summed E-state index contributed by atoms with van der Waals surface area (Å²) in [7, 11) is 0. The van der Waals surface area contributed by atoms with E-state index in [2.05, 4.69) is 20.9 Å². The smallest absolute Gasteiger partial charge is 0.342 e. The molecule has 0 aliphatic heterocycles. The van der Waals surface area contributed by atoms with Crippen molar-refractivity contribution in [2.24, 2.45) is 0 Å². The van der Waals surface area contributed by atoms with Crippen LogP contribution in [0.2, 0.25) is 5.02 Å². The second-order valence-electron chi connectivity index (χ2n) is 3.44. The highest BCUT2D eigenvalue weighted by molar-refractivity contribution is 9.10. The van der Waals surface area contributed by atoms with Crippen molar-refractivity contribution in [1.29, 1.82) is 0 Å². The number of nitrogens with one attached hydrogen (secondary N) is 1. The zero-order valence-corrected chi connectivity index (χ0v) is 11.4. The molecule has 6 heteroatoms. The Balaban J connectivity index is 2.71. The number of aromatic amines is 1. The predicted octanol–water partition coefficient (Wildman–Crippen LogP) is 3.34. The SMILES string of the molecule is CCOC(=O)c1c(N)[nH]c2cc(Cl)cc(Br)c12. The highest BCUT2D eigenvalue weighted by Gasteiger charge is 2.20. The van der Waals surface area contributed by atoms with Gasteiger partial charge in [-0.1, -0.05) is 27.5 Å². The van der Waals surface area contributed by atoms with E-state index >= 15 is 0 Å². The molecule has 0 unspecified atom stereocenters. The summed E-state index contributed by atoms with van der Waals surface area (Å²) in [5, 5.41) is 1.24. The average molecular weight is 318 g/mol. The molecular formula is C11H10BrClN2O2. The molecular weight excluding hydrogens is 307 g/mol. The Hall–Kier alpha value is -1.20. The maximum Gasteiger partial charge on any atom is 0.342 e. The van der Waals surface area contributed by atoms with Gasteiger partial charge in [0.05, 0.1) is 12.1 Å². The van der Waals surface area contributed by atoms with Crippen molar-refractivity contribution in [2.75, 3.05) is 12.3 Å². The third-order valence-electron chi connectivity index (χ3n) is 2.32. The molecule has 0 saturated heterocycles. The van der Waals surface area contributed by atoms with Crippen molar-refractivity contribution in [3.63, 3.8) is 0 Å². The number of hydrogen-bond donors (Lipinski definition) is 2. The summed E-state index contributed by atoms with van der Waals surface area (Å²) in [6.45, 7) is 2.05. The summed E-state index contributed by atoms with van der Waals surface area (Å²) >= 11 is 9.28. The number of nitrogens with two attached hydrogens (primary N) is 1. The Labute approximate surface area is 111 Å². The summed E-state index contributed by atoms with van der Waals surface area (Å²) in [5.74, 6) is -0.166. The zero-order chi connectivity index (χ0) is 12.6. The van der Waals surface area contributed by atoms with Gasteiger partial charge in [-0.15, -0.1) is 0 Å². The topological polar surface area (TPSA) is 68.1 Å². The van der Waals surface area contributed by atoms with E-state index in [9.17, 15) is 4.79 Å². The van der Waals surface area contributed by atoms with Gasteiger partial charge in [-0.2, -0.15) is 0 Å². The molecule has 17 heavy (non-hydrogen) atoms. The Morgan fingerprint density at radius 1 is 1.59 bits per heavy atom. The first-order chi connectivity index (χ1) is 8.04. The minimum atomic E-state index is -0.445. The largest absolute Gasteiger partial charge is 0.462 e. The third kappa shape index (κ3) is 2.12. The van der Waals surface area contributed by atoms with Crippen LogP contribution in [0.4, 0.5) is 5.82 Å². The van der Waals surface area contributed by atoms with Crippen molar-refractivity contribution in [1.82, 2.24) is 4.98 Å². The number of nitrogen functional groups attached to an aromatic ring is 1. The maximum absolute atomic E-state index is 11.8. The number of H-pyrrole nitrogens is 1. The van der Waals surface area contributed by atoms with E-state index in [1.807, 2.05) is 0 Å². The van der Waals surface area contributed by atoms with Crippen LogP contribution < -0.4 is 5.73 Å². The number of carbonyl (C=O) groups excluding carboxylic acids is 1. The summed E-state index contributed by atoms with van der Waals surface area (Å²) in [4.78, 5) is 14.7. The van der Waals surface area contributed by atoms with Crippen LogP contribution >= 0.6 is 27.5 Å². The van der Waals surface area contributed by atoms with Crippen molar-refractivity contribution in [3.05, 3.63) is 27.2 Å². The number of aromatic nitrogens is 1. The van der Waals surface area contributed by atoms with E-state index in [-0.39, 0.29) is 5.82 Å². The van der Waals surface area contributed by atoms with E-state index in [1.165, 1.54) is 0 Å². The molecule has 3 N–H and O–H groups in total. The lowest BCUT2D eigenvalue weighted by molar-refractivity contribution is 0.0530. The van der Waals surface area contributed by atoms with Crippen LogP contribution in [0, 0.1) is 0 Å². The van der Waals surface area contributed by atoms with Gasteiger partial charge >= 0.3 is 5.97 Å². The van der Waals surface area contributed by atoms with Crippen LogP contribution in [0.15, 0.2) is 16.6 Å². The Bertz CT molecular complexity index is 595. The van der Waals surface area contributed by atoms with Gasteiger partial charge in [0, 0.05) is 14.9 Å². The summed E-state index contributed by atoms with van der Waals surface area (Å²) in [6.07, 6.45) is 0. The molecule has 0 aliphatic carbocycles. The lowest BCUT2D eigenvalue weighted by Crippen LogP contribution is -2.06. The van der Waals surface area contributed by atoms with E-state index in [0.717, 1.165) is 0 Å². The fraction of sp³-hybridized carbons (Fsp3) is 0.182. The molecule has 0 bridgehead atoms. The van der Waals surface area contributed by atoms with Crippen molar-refractivity contribution in [3.8, 4) is 0 Å². The molecule has 4 nitrogen and oxygen atoms in total. The number of halogens is 2. The molecule has 0 spiro atoms. The van der Waals surface area contributed by atoms with Crippen LogP contribution in [0.25, 0.3) is 10.9 Å². The molecule has 0 amide bonds. The molecule has 0 atom stereocenters. The lowest BCUT2D eigenvalue weighted by atomic mass is 10.1. The second-order valence-corrected chi connectivity index (χ2v) is 4.74. The minimum Gasteiger partial charge on any atom is -0.462 e. The van der Waals surface area contributed by atoms with Crippen molar-refractivity contribution >= 4 is 50.2 Å². The van der Waals surface area contributed by atoms with Gasteiger partial charge in [0.25, 0.3) is 0 Å². The number of esters is 1. The number of anilines is 1. The van der Waals surface area contributed by atoms with Crippen LogP contribution in [0.3, 0.4) is 0 Å². The van der Waals surface area contributed by atoms with Gasteiger partial charge < -0.3 is 15.5 Å². The highest BCUT2D eigenvalue weighted by Crippen LogP contribution is 2.34. The summed E-state index contributed by atoms with van der Waals surface area (Å²) < 4.78 is 5.67. The van der Waals surface area contributed by atoms with Crippen LogP contribution in [0.1, 0.15) is 17.3 Å². The van der Waals surface area contributed by atoms with Gasteiger partial charge in [-0.3, -0.25) is 0 Å². The first-order valence-electron chi connectivity index (χ1n) is 4.98. The fourth-order valence-electron chi connectivity index (χ4n) is 1.68. The van der Waals surface area contributed by atoms with Gasteiger partial charge in [0.2, 0.25) is 0 Å². The molecule has 1 heterocycles. The highest BCUT2D eigenvalue weighted by atomic mass is 79.9. The van der Waals surface area contributed by atoms with E-state index in [0.29, 0.717) is 32.6 Å². The molecule has 1 aromatic carbocycles. The molecule has 0 saturated carbocycles. The first kappa shape index (κ1) is 12.3. The predicted molar refractivity (Wildman–Crippen MR) is 71.4 cm³/mol. The molecule has 2 rings (SSSR count). The summed E-state index contributed by atoms with van der Waals surface area (Å²) in [5.41, 5.74) is 6.82. The molecule has 1 aromatic heterocycles. The quantitative estimate of drug-likeness (QED) is 0.835. The number of benzene rings is 1. The van der Waals surface area contributed by atoms with Crippen LogP contribution in [0.5, 0.6) is 0 Å². The average Bonchev–Trinajstić information content (AvgIpc) is 2.54. The van der Waals surface area contributed by atoms with E-state index in [4.69, 9.17) is 22.1 Å². The summed E-state index contributed by atoms with van der Waals surface area (Å²) in [6, 6.07) is 3.42. The van der Waals surface area contributed by atoms with Gasteiger partial charge in [0.15, 0.2) is 0 Å². The van der Waals surface area contributed by atoms with Crippen LogP contribution in [-0.4, -0.2) is 17.6 Å².